The fourth-order valence-corrected chi connectivity index (χ4v) is 5.22. The van der Waals surface area contributed by atoms with Crippen LogP contribution >= 0.6 is 0 Å². The fourth-order valence-electron chi connectivity index (χ4n) is 5.22. The number of nitrogens with one attached hydrogen (secondary N) is 3. The normalized spacial score (nSPS) is 17.6. The Morgan fingerprint density at radius 2 is 1.92 bits per heavy atom. The molecule has 1 aromatic carbocycles. The lowest BCUT2D eigenvalue weighted by atomic mass is 9.89. The number of aromatic nitrogens is 2. The molecule has 2 amide bonds. The molecular weight excluding hydrogens is 467 g/mol. The van der Waals surface area contributed by atoms with Gasteiger partial charge in [0, 0.05) is 41.6 Å². The highest BCUT2D eigenvalue weighted by Crippen LogP contribution is 2.34. The molecular formula is C29H37FN6O. The van der Waals surface area contributed by atoms with Gasteiger partial charge in [-0.15, -0.1) is 0 Å². The quantitative estimate of drug-likeness (QED) is 0.417. The highest BCUT2D eigenvalue weighted by Gasteiger charge is 2.23. The van der Waals surface area contributed by atoms with Crippen LogP contribution in [-0.4, -0.2) is 64.6 Å². The summed E-state index contributed by atoms with van der Waals surface area (Å²) in [6.45, 7) is 9.18. The lowest BCUT2D eigenvalue weighted by Crippen LogP contribution is -2.49. The number of pyridine rings is 1. The molecule has 5 rings (SSSR count). The van der Waals surface area contributed by atoms with Crippen LogP contribution in [0.4, 0.5) is 20.6 Å². The van der Waals surface area contributed by atoms with Crippen molar-refractivity contribution < 1.29 is 9.18 Å². The lowest BCUT2D eigenvalue weighted by Gasteiger charge is -2.30. The number of piperidine rings is 1. The first-order valence-electron chi connectivity index (χ1n) is 13.2. The number of amides is 2. The van der Waals surface area contributed by atoms with Crippen LogP contribution in [0, 0.1) is 5.82 Å². The van der Waals surface area contributed by atoms with Crippen molar-refractivity contribution in [2.24, 2.45) is 0 Å². The largest absolute Gasteiger partial charge is 0.355 e. The average molecular weight is 505 g/mol. The van der Waals surface area contributed by atoms with Gasteiger partial charge in [-0.25, -0.2) is 14.2 Å². The first-order chi connectivity index (χ1) is 17.7. The SMILES string of the molecule is CN1CCC(c2cc(Nc3ccnc4[nH]c(C5=CCN(C(=O)NC(C)(C)C)CC5)cc34)ccc2F)CC1. The van der Waals surface area contributed by atoms with Gasteiger partial charge >= 0.3 is 6.03 Å². The molecule has 3 N–H and O–H groups in total. The Morgan fingerprint density at radius 3 is 2.62 bits per heavy atom. The summed E-state index contributed by atoms with van der Waals surface area (Å²) >= 11 is 0. The lowest BCUT2D eigenvalue weighted by molar-refractivity contribution is 0.193. The predicted molar refractivity (Wildman–Crippen MR) is 148 cm³/mol. The number of hydrogen-bond donors (Lipinski definition) is 3. The third-order valence-corrected chi connectivity index (χ3v) is 7.29. The topological polar surface area (TPSA) is 76.3 Å². The highest BCUT2D eigenvalue weighted by molar-refractivity contribution is 5.94. The van der Waals surface area contributed by atoms with E-state index in [0.29, 0.717) is 13.1 Å². The second-order valence-electron chi connectivity index (χ2n) is 11.3. The highest BCUT2D eigenvalue weighted by atomic mass is 19.1. The van der Waals surface area contributed by atoms with Crippen molar-refractivity contribution in [3.8, 4) is 0 Å². The Hall–Kier alpha value is -3.39. The number of halogens is 1. The molecule has 0 bridgehead atoms. The Morgan fingerprint density at radius 1 is 1.14 bits per heavy atom. The summed E-state index contributed by atoms with van der Waals surface area (Å²) in [7, 11) is 2.12. The maximum atomic E-state index is 14.7. The number of carbonyl (C=O) groups excluding carboxylic acids is 1. The number of fused-ring (bicyclic) bond motifs is 1. The van der Waals surface area contributed by atoms with E-state index in [0.717, 1.165) is 66.0 Å². The molecule has 1 saturated heterocycles. The summed E-state index contributed by atoms with van der Waals surface area (Å²) in [4.78, 5) is 24.6. The standard InChI is InChI=1S/C29H37FN6O/c1-29(2,3)34-28(37)36-15-10-20(11-16-36)26-18-23-25(7-12-31-27(23)33-26)32-21-5-6-24(30)22(17-21)19-8-13-35(4)14-9-19/h5-7,10,12,17-19H,8-9,11,13-16H2,1-4H3,(H,34,37)(H2,31,32,33). The van der Waals surface area contributed by atoms with E-state index in [4.69, 9.17) is 0 Å². The van der Waals surface area contributed by atoms with Crippen LogP contribution in [-0.2, 0) is 0 Å². The van der Waals surface area contributed by atoms with Gasteiger partial charge in [-0.2, -0.15) is 0 Å². The van der Waals surface area contributed by atoms with Gasteiger partial charge in [0.05, 0.1) is 5.69 Å². The molecule has 0 aliphatic carbocycles. The van der Waals surface area contributed by atoms with Crippen molar-refractivity contribution in [1.29, 1.82) is 0 Å². The average Bonchev–Trinajstić information content (AvgIpc) is 3.30. The Balaban J connectivity index is 1.34. The predicted octanol–water partition coefficient (Wildman–Crippen LogP) is 5.85. The summed E-state index contributed by atoms with van der Waals surface area (Å²) < 4.78 is 14.7. The molecule has 0 radical (unpaired) electrons. The van der Waals surface area contributed by atoms with E-state index in [1.807, 2.05) is 37.8 Å². The van der Waals surface area contributed by atoms with E-state index < -0.39 is 0 Å². The maximum Gasteiger partial charge on any atom is 0.318 e. The Kier molecular flexibility index (Phi) is 6.94. The molecule has 2 aromatic heterocycles. The van der Waals surface area contributed by atoms with Crippen LogP contribution in [0.15, 0.2) is 42.6 Å². The molecule has 0 unspecified atom stereocenters. The van der Waals surface area contributed by atoms with Crippen LogP contribution < -0.4 is 10.6 Å². The van der Waals surface area contributed by atoms with E-state index in [2.05, 4.69) is 44.7 Å². The van der Waals surface area contributed by atoms with Crippen molar-refractivity contribution >= 4 is 34.0 Å². The zero-order chi connectivity index (χ0) is 26.2. The third-order valence-electron chi connectivity index (χ3n) is 7.29. The maximum absolute atomic E-state index is 14.7. The van der Waals surface area contributed by atoms with E-state index in [-0.39, 0.29) is 23.3 Å². The number of anilines is 2. The minimum atomic E-state index is -0.258. The van der Waals surface area contributed by atoms with Crippen molar-refractivity contribution in [3.05, 3.63) is 59.7 Å². The second-order valence-corrected chi connectivity index (χ2v) is 11.3. The molecule has 8 heteroatoms. The monoisotopic (exact) mass is 504 g/mol. The molecule has 0 spiro atoms. The van der Waals surface area contributed by atoms with E-state index in [9.17, 15) is 9.18 Å². The van der Waals surface area contributed by atoms with E-state index in [1.165, 1.54) is 5.57 Å². The van der Waals surface area contributed by atoms with E-state index >= 15 is 0 Å². The van der Waals surface area contributed by atoms with Gasteiger partial charge in [0.15, 0.2) is 0 Å². The molecule has 2 aliphatic heterocycles. The van der Waals surface area contributed by atoms with Crippen LogP contribution in [0.5, 0.6) is 0 Å². The van der Waals surface area contributed by atoms with Crippen molar-refractivity contribution in [1.82, 2.24) is 25.1 Å². The van der Waals surface area contributed by atoms with Crippen LogP contribution in [0.2, 0.25) is 0 Å². The fraction of sp³-hybridized carbons (Fsp3) is 0.448. The van der Waals surface area contributed by atoms with Crippen molar-refractivity contribution in [3.63, 3.8) is 0 Å². The van der Waals surface area contributed by atoms with Crippen molar-refractivity contribution in [2.75, 3.05) is 38.5 Å². The van der Waals surface area contributed by atoms with Crippen LogP contribution in [0.1, 0.15) is 57.2 Å². The molecule has 3 aromatic rings. The second kappa shape index (κ2) is 10.2. The molecule has 1 fully saturated rings. The summed E-state index contributed by atoms with van der Waals surface area (Å²) in [6, 6.07) is 9.37. The molecule has 0 atom stereocenters. The van der Waals surface area contributed by atoms with Crippen LogP contribution in [0.25, 0.3) is 16.6 Å². The van der Waals surface area contributed by atoms with Gasteiger partial charge < -0.3 is 25.4 Å². The molecule has 37 heavy (non-hydrogen) atoms. The molecule has 2 aliphatic rings. The zero-order valence-corrected chi connectivity index (χ0v) is 22.2. The number of benzene rings is 1. The molecule has 7 nitrogen and oxygen atoms in total. The van der Waals surface area contributed by atoms with Gasteiger partial charge in [0.1, 0.15) is 11.5 Å². The molecule has 4 heterocycles. The molecule has 196 valence electrons. The van der Waals surface area contributed by atoms with Gasteiger partial charge in [-0.1, -0.05) is 6.08 Å². The van der Waals surface area contributed by atoms with Gasteiger partial charge in [0.2, 0.25) is 0 Å². The number of H-pyrrole nitrogens is 1. The summed E-state index contributed by atoms with van der Waals surface area (Å²) in [5, 5.41) is 7.52. The summed E-state index contributed by atoms with van der Waals surface area (Å²) in [5.41, 5.74) is 5.33. The minimum Gasteiger partial charge on any atom is -0.355 e. The first kappa shape index (κ1) is 25.3. The number of aromatic amines is 1. The van der Waals surface area contributed by atoms with Crippen LogP contribution in [0.3, 0.4) is 0 Å². The van der Waals surface area contributed by atoms with Crippen molar-refractivity contribution in [2.45, 2.75) is 51.5 Å². The zero-order valence-electron chi connectivity index (χ0n) is 22.2. The van der Waals surface area contributed by atoms with Gasteiger partial charge in [0.25, 0.3) is 0 Å². The number of nitrogens with zero attached hydrogens (tertiary/aromatic N) is 3. The number of urea groups is 1. The first-order valence-corrected chi connectivity index (χ1v) is 13.2. The smallest absolute Gasteiger partial charge is 0.318 e. The minimum absolute atomic E-state index is 0.0356. The Labute approximate surface area is 218 Å². The van der Waals surface area contributed by atoms with Gasteiger partial charge in [-0.3, -0.25) is 0 Å². The number of carbonyl (C=O) groups is 1. The summed E-state index contributed by atoms with van der Waals surface area (Å²) in [5.74, 6) is 0.121. The van der Waals surface area contributed by atoms with Gasteiger partial charge in [-0.05, 0) is 108 Å². The third kappa shape index (κ3) is 5.80. The number of likely N-dealkylation sites (tertiary alicyclic amines) is 1. The Bertz CT molecular complexity index is 1320. The number of hydrogen-bond acceptors (Lipinski definition) is 4. The van der Waals surface area contributed by atoms with E-state index in [1.54, 1.807) is 18.3 Å². The molecule has 0 saturated carbocycles. The number of rotatable bonds is 4. The summed E-state index contributed by atoms with van der Waals surface area (Å²) in [6.07, 6.45) is 6.60.